The molecule has 8 heteroatoms. The van der Waals surface area contributed by atoms with Gasteiger partial charge in [-0.05, 0) is 23.8 Å². The Bertz CT molecular complexity index is 1020. The molecule has 5 nitrogen and oxygen atoms in total. The Morgan fingerprint density at radius 3 is 2.68 bits per heavy atom. The summed E-state index contributed by atoms with van der Waals surface area (Å²) in [6.07, 6.45) is 0. The van der Waals surface area contributed by atoms with Crippen molar-refractivity contribution in [3.05, 3.63) is 63.8 Å². The van der Waals surface area contributed by atoms with E-state index in [9.17, 15) is 13.2 Å². The van der Waals surface area contributed by atoms with Gasteiger partial charge in [-0.1, -0.05) is 41.7 Å². The van der Waals surface area contributed by atoms with Gasteiger partial charge in [-0.15, -0.1) is 0 Å². The Labute approximate surface area is 154 Å². The SMILES string of the molecule is Cn1c(=O)sc2cc(S(=O)(=O)NCCSCc3ccccc3)ccc21. The van der Waals surface area contributed by atoms with E-state index in [1.807, 2.05) is 18.2 Å². The molecule has 3 aromatic rings. The first-order chi connectivity index (χ1) is 12.0. The average Bonchev–Trinajstić information content (AvgIpc) is 2.89. The van der Waals surface area contributed by atoms with Crippen molar-refractivity contribution in [2.45, 2.75) is 10.6 Å². The van der Waals surface area contributed by atoms with Crippen LogP contribution in [0.25, 0.3) is 10.2 Å². The standard InChI is InChI=1S/C17H18N2O3S3/c1-19-15-8-7-14(11-16(15)24-17(19)20)25(21,22)18-9-10-23-12-13-5-3-2-4-6-13/h2-8,11,18H,9-10,12H2,1H3. The minimum absolute atomic E-state index is 0.102. The van der Waals surface area contributed by atoms with E-state index in [2.05, 4.69) is 16.9 Å². The second kappa shape index (κ2) is 7.74. The van der Waals surface area contributed by atoms with Gasteiger partial charge in [0.05, 0.1) is 15.1 Å². The smallest absolute Gasteiger partial charge is 0.302 e. The molecule has 0 fully saturated rings. The minimum Gasteiger partial charge on any atom is -0.302 e. The molecule has 1 aromatic heterocycles. The van der Waals surface area contributed by atoms with Crippen LogP contribution >= 0.6 is 23.1 Å². The van der Waals surface area contributed by atoms with Crippen molar-refractivity contribution >= 4 is 43.3 Å². The first-order valence-corrected chi connectivity index (χ1v) is 11.1. The molecule has 0 atom stereocenters. The van der Waals surface area contributed by atoms with Crippen LogP contribution < -0.4 is 9.60 Å². The quantitative estimate of drug-likeness (QED) is 0.626. The number of aryl methyl sites for hydroxylation is 1. The van der Waals surface area contributed by atoms with E-state index in [0.29, 0.717) is 17.0 Å². The number of thioether (sulfide) groups is 1. The maximum Gasteiger partial charge on any atom is 0.307 e. The average molecular weight is 395 g/mol. The first-order valence-electron chi connectivity index (χ1n) is 7.68. The number of sulfonamides is 1. The lowest BCUT2D eigenvalue weighted by molar-refractivity contribution is 0.584. The Morgan fingerprint density at radius 1 is 1.16 bits per heavy atom. The van der Waals surface area contributed by atoms with Crippen molar-refractivity contribution < 1.29 is 8.42 Å². The van der Waals surface area contributed by atoms with Crippen LogP contribution in [0.5, 0.6) is 0 Å². The third-order valence-electron chi connectivity index (χ3n) is 3.72. The second-order valence-corrected chi connectivity index (χ2v) is 9.36. The Balaban J connectivity index is 1.59. The minimum atomic E-state index is -3.57. The molecule has 132 valence electrons. The van der Waals surface area contributed by atoms with E-state index in [1.54, 1.807) is 30.9 Å². The fraction of sp³-hybridized carbons (Fsp3) is 0.235. The van der Waals surface area contributed by atoms with Crippen LogP contribution in [0.4, 0.5) is 0 Å². The van der Waals surface area contributed by atoms with Gasteiger partial charge in [0.1, 0.15) is 0 Å². The first kappa shape index (κ1) is 18.2. The van der Waals surface area contributed by atoms with Gasteiger partial charge >= 0.3 is 4.87 Å². The molecule has 2 aromatic carbocycles. The summed E-state index contributed by atoms with van der Waals surface area (Å²) in [4.78, 5) is 11.8. The molecular formula is C17H18N2O3S3. The number of benzene rings is 2. The molecular weight excluding hydrogens is 376 g/mol. The van der Waals surface area contributed by atoms with Gasteiger partial charge in [0.25, 0.3) is 0 Å². The largest absolute Gasteiger partial charge is 0.307 e. The predicted molar refractivity (Wildman–Crippen MR) is 105 cm³/mol. The van der Waals surface area contributed by atoms with Crippen molar-refractivity contribution in [3.8, 4) is 0 Å². The molecule has 0 spiro atoms. The van der Waals surface area contributed by atoms with E-state index < -0.39 is 10.0 Å². The van der Waals surface area contributed by atoms with E-state index in [-0.39, 0.29) is 9.77 Å². The number of thiazole rings is 1. The van der Waals surface area contributed by atoms with Crippen molar-refractivity contribution in [2.24, 2.45) is 7.05 Å². The molecule has 0 unspecified atom stereocenters. The highest BCUT2D eigenvalue weighted by Gasteiger charge is 2.15. The van der Waals surface area contributed by atoms with Gasteiger partial charge in [0.2, 0.25) is 10.0 Å². The zero-order chi connectivity index (χ0) is 17.9. The van der Waals surface area contributed by atoms with E-state index in [4.69, 9.17) is 0 Å². The molecule has 3 rings (SSSR count). The highest BCUT2D eigenvalue weighted by molar-refractivity contribution is 7.98. The molecule has 0 aliphatic rings. The lowest BCUT2D eigenvalue weighted by atomic mass is 10.2. The fourth-order valence-electron chi connectivity index (χ4n) is 2.38. The van der Waals surface area contributed by atoms with E-state index in [0.717, 1.165) is 22.6 Å². The maximum absolute atomic E-state index is 12.4. The summed E-state index contributed by atoms with van der Waals surface area (Å²) in [5.41, 5.74) is 1.96. The van der Waals surface area contributed by atoms with Crippen LogP contribution in [-0.2, 0) is 22.8 Å². The summed E-state index contributed by atoms with van der Waals surface area (Å²) < 4.78 is 29.6. The number of aromatic nitrogens is 1. The highest BCUT2D eigenvalue weighted by Crippen LogP contribution is 2.21. The molecule has 0 aliphatic heterocycles. The molecule has 0 saturated carbocycles. The molecule has 0 amide bonds. The third-order valence-corrected chi connectivity index (χ3v) is 7.21. The summed E-state index contributed by atoms with van der Waals surface area (Å²) >= 11 is 2.73. The Morgan fingerprint density at radius 2 is 1.92 bits per heavy atom. The van der Waals surface area contributed by atoms with Gasteiger partial charge < -0.3 is 4.57 Å². The number of nitrogens with one attached hydrogen (secondary N) is 1. The summed E-state index contributed by atoms with van der Waals surface area (Å²) in [5.74, 6) is 1.54. The number of nitrogens with zero attached hydrogens (tertiary/aromatic N) is 1. The van der Waals surface area contributed by atoms with Crippen molar-refractivity contribution in [3.63, 3.8) is 0 Å². The van der Waals surface area contributed by atoms with Gasteiger partial charge in [0.15, 0.2) is 0 Å². The van der Waals surface area contributed by atoms with Gasteiger partial charge in [-0.2, -0.15) is 11.8 Å². The van der Waals surface area contributed by atoms with Gasteiger partial charge in [-0.3, -0.25) is 4.79 Å². The van der Waals surface area contributed by atoms with Crippen molar-refractivity contribution in [2.75, 3.05) is 12.3 Å². The van der Waals surface area contributed by atoms with Gasteiger partial charge in [-0.25, -0.2) is 13.1 Å². The number of fused-ring (bicyclic) bond motifs is 1. The monoisotopic (exact) mass is 394 g/mol. The van der Waals surface area contributed by atoms with Crippen LogP contribution in [0.3, 0.4) is 0 Å². The normalized spacial score (nSPS) is 11.9. The molecule has 1 N–H and O–H groups in total. The van der Waals surface area contributed by atoms with Crippen molar-refractivity contribution in [1.82, 2.24) is 9.29 Å². The zero-order valence-electron chi connectivity index (χ0n) is 13.6. The van der Waals surface area contributed by atoms with Crippen LogP contribution in [0.1, 0.15) is 5.56 Å². The lowest BCUT2D eigenvalue weighted by Crippen LogP contribution is -2.26. The maximum atomic E-state index is 12.4. The molecule has 1 heterocycles. The van der Waals surface area contributed by atoms with Gasteiger partial charge in [0, 0.05) is 25.1 Å². The molecule has 0 radical (unpaired) electrons. The summed E-state index contributed by atoms with van der Waals surface area (Å²) in [6, 6.07) is 14.8. The summed E-state index contributed by atoms with van der Waals surface area (Å²) in [7, 11) is -1.89. The molecule has 25 heavy (non-hydrogen) atoms. The van der Waals surface area contributed by atoms with E-state index >= 15 is 0 Å². The van der Waals surface area contributed by atoms with Crippen LogP contribution in [0.2, 0.25) is 0 Å². The summed E-state index contributed by atoms with van der Waals surface area (Å²) in [5, 5.41) is 0. The predicted octanol–water partition coefficient (Wildman–Crippen LogP) is 2.81. The number of hydrogen-bond donors (Lipinski definition) is 1. The lowest BCUT2D eigenvalue weighted by Gasteiger charge is -2.07. The third kappa shape index (κ3) is 4.33. The summed E-state index contributed by atoms with van der Waals surface area (Å²) in [6.45, 7) is 0.364. The second-order valence-electron chi connectivity index (χ2n) is 5.49. The highest BCUT2D eigenvalue weighted by atomic mass is 32.2. The van der Waals surface area contributed by atoms with Crippen molar-refractivity contribution in [1.29, 1.82) is 0 Å². The van der Waals surface area contributed by atoms with E-state index in [1.165, 1.54) is 16.2 Å². The Hall–Kier alpha value is -1.61. The fourth-order valence-corrected chi connectivity index (χ4v) is 5.38. The van der Waals surface area contributed by atoms with Crippen LogP contribution in [0.15, 0.2) is 58.2 Å². The zero-order valence-corrected chi connectivity index (χ0v) is 16.1. The van der Waals surface area contributed by atoms with Crippen LogP contribution in [0, 0.1) is 0 Å². The number of rotatable bonds is 7. The number of hydrogen-bond acceptors (Lipinski definition) is 5. The Kier molecular flexibility index (Phi) is 5.63. The molecule has 0 bridgehead atoms. The topological polar surface area (TPSA) is 68.2 Å². The molecule has 0 saturated heterocycles. The molecule has 0 aliphatic carbocycles. The van der Waals surface area contributed by atoms with Crippen LogP contribution in [-0.4, -0.2) is 25.3 Å².